The van der Waals surface area contributed by atoms with Crippen molar-refractivity contribution in [3.8, 4) is 5.75 Å². The predicted molar refractivity (Wildman–Crippen MR) is 88.0 cm³/mol. The Hall–Kier alpha value is -1.96. The number of hydrogen-bond donors (Lipinski definition) is 0. The van der Waals surface area contributed by atoms with Crippen molar-refractivity contribution in [2.75, 3.05) is 19.8 Å². The number of para-hydroxylation sites is 1. The SMILES string of the molecule is C[C@H]1CN(C(=O)c2cnc(C3OCCO3)s2)Cc2ccccc2O1. The molecule has 1 saturated heterocycles. The molecule has 24 heavy (non-hydrogen) atoms. The van der Waals surface area contributed by atoms with Gasteiger partial charge in [-0.05, 0) is 13.0 Å². The predicted octanol–water partition coefficient (Wildman–Crippen LogP) is 2.61. The Morgan fingerprint density at radius 2 is 2.08 bits per heavy atom. The lowest BCUT2D eigenvalue weighted by Gasteiger charge is -2.21. The van der Waals surface area contributed by atoms with Crippen LogP contribution in [-0.4, -0.2) is 41.7 Å². The molecular formula is C17H18N2O4S. The van der Waals surface area contributed by atoms with Crippen LogP contribution in [0.4, 0.5) is 0 Å². The third-order valence-electron chi connectivity index (χ3n) is 3.98. The van der Waals surface area contributed by atoms with Crippen LogP contribution in [0.1, 0.15) is 33.5 Å². The molecule has 0 aliphatic carbocycles. The number of hydrogen-bond acceptors (Lipinski definition) is 6. The van der Waals surface area contributed by atoms with Gasteiger partial charge in [-0.1, -0.05) is 18.2 Å². The molecule has 4 rings (SSSR count). The van der Waals surface area contributed by atoms with Gasteiger partial charge < -0.3 is 19.1 Å². The number of fused-ring (bicyclic) bond motifs is 1. The number of rotatable bonds is 2. The first-order valence-corrected chi connectivity index (χ1v) is 8.75. The van der Waals surface area contributed by atoms with Crippen LogP contribution in [0.25, 0.3) is 0 Å². The summed E-state index contributed by atoms with van der Waals surface area (Å²) in [4.78, 5) is 19.6. The van der Waals surface area contributed by atoms with E-state index in [4.69, 9.17) is 14.2 Å². The van der Waals surface area contributed by atoms with Crippen LogP contribution in [0.5, 0.6) is 5.75 Å². The fraction of sp³-hybridized carbons (Fsp3) is 0.412. The molecule has 3 heterocycles. The van der Waals surface area contributed by atoms with Gasteiger partial charge in [0.05, 0.1) is 26.0 Å². The maximum absolute atomic E-state index is 12.9. The average molecular weight is 346 g/mol. The Balaban J connectivity index is 1.55. The van der Waals surface area contributed by atoms with Gasteiger partial charge >= 0.3 is 0 Å². The fourth-order valence-corrected chi connectivity index (χ4v) is 3.78. The van der Waals surface area contributed by atoms with Crippen molar-refractivity contribution in [1.82, 2.24) is 9.88 Å². The largest absolute Gasteiger partial charge is 0.489 e. The number of aromatic nitrogens is 1. The van der Waals surface area contributed by atoms with Gasteiger partial charge in [-0.15, -0.1) is 11.3 Å². The van der Waals surface area contributed by atoms with Crippen molar-refractivity contribution in [3.63, 3.8) is 0 Å². The highest BCUT2D eigenvalue weighted by atomic mass is 32.1. The Morgan fingerprint density at radius 3 is 2.92 bits per heavy atom. The lowest BCUT2D eigenvalue weighted by molar-refractivity contribution is -0.0442. The van der Waals surface area contributed by atoms with Crippen molar-refractivity contribution >= 4 is 17.2 Å². The Kier molecular flexibility index (Phi) is 4.22. The number of benzene rings is 1. The first-order chi connectivity index (χ1) is 11.7. The standard InChI is InChI=1S/C17H18N2O4S/c1-11-9-19(10-12-4-2-3-5-13(12)23-11)16(20)14-8-18-15(24-14)17-21-6-7-22-17/h2-5,8,11,17H,6-7,9-10H2,1H3/t11-/m0/s1. The van der Waals surface area contributed by atoms with Gasteiger partial charge in [0.2, 0.25) is 6.29 Å². The molecule has 1 atom stereocenters. The van der Waals surface area contributed by atoms with Crippen LogP contribution in [0.3, 0.4) is 0 Å². The summed E-state index contributed by atoms with van der Waals surface area (Å²) in [5, 5.41) is 0.690. The van der Waals surface area contributed by atoms with Gasteiger partial charge in [-0.3, -0.25) is 4.79 Å². The molecule has 0 saturated carbocycles. The summed E-state index contributed by atoms with van der Waals surface area (Å²) >= 11 is 1.33. The van der Waals surface area contributed by atoms with E-state index in [1.165, 1.54) is 11.3 Å². The summed E-state index contributed by atoms with van der Waals surface area (Å²) in [5.41, 5.74) is 1.02. The van der Waals surface area contributed by atoms with Crippen molar-refractivity contribution in [2.45, 2.75) is 25.9 Å². The van der Waals surface area contributed by atoms with Crippen LogP contribution in [0.2, 0.25) is 0 Å². The van der Waals surface area contributed by atoms with Crippen LogP contribution in [0.15, 0.2) is 30.5 Å². The topological polar surface area (TPSA) is 60.9 Å². The third kappa shape index (κ3) is 3.02. The van der Waals surface area contributed by atoms with E-state index in [0.717, 1.165) is 11.3 Å². The minimum absolute atomic E-state index is 0.0381. The molecule has 1 fully saturated rings. The number of carbonyl (C=O) groups is 1. The van der Waals surface area contributed by atoms with E-state index in [-0.39, 0.29) is 12.0 Å². The summed E-state index contributed by atoms with van der Waals surface area (Å²) in [6, 6.07) is 7.84. The Labute approximate surface area is 144 Å². The van der Waals surface area contributed by atoms with Crippen LogP contribution >= 0.6 is 11.3 Å². The lowest BCUT2D eigenvalue weighted by atomic mass is 10.2. The van der Waals surface area contributed by atoms with Gasteiger partial charge in [0.1, 0.15) is 21.7 Å². The van der Waals surface area contributed by atoms with Crippen molar-refractivity contribution < 1.29 is 19.0 Å². The molecule has 2 aliphatic heterocycles. The van der Waals surface area contributed by atoms with E-state index in [1.54, 1.807) is 6.20 Å². The summed E-state index contributed by atoms with van der Waals surface area (Å²) in [5.74, 6) is 0.807. The first kappa shape index (κ1) is 15.6. The number of ether oxygens (including phenoxy) is 3. The molecule has 6 nitrogen and oxygen atoms in total. The molecule has 1 aromatic carbocycles. The van der Waals surface area contributed by atoms with Crippen LogP contribution in [0, 0.1) is 0 Å². The molecule has 1 aromatic heterocycles. The minimum Gasteiger partial charge on any atom is -0.489 e. The molecule has 0 bridgehead atoms. The zero-order chi connectivity index (χ0) is 16.5. The summed E-state index contributed by atoms with van der Waals surface area (Å²) < 4.78 is 16.8. The zero-order valence-electron chi connectivity index (χ0n) is 13.3. The smallest absolute Gasteiger partial charge is 0.266 e. The maximum atomic E-state index is 12.9. The monoisotopic (exact) mass is 346 g/mol. The summed E-state index contributed by atoms with van der Waals surface area (Å²) in [6.07, 6.45) is 1.10. The Bertz CT molecular complexity index is 742. The number of thiazole rings is 1. The molecule has 2 aromatic rings. The molecule has 0 spiro atoms. The van der Waals surface area contributed by atoms with Crippen LogP contribution < -0.4 is 4.74 Å². The normalized spacial score (nSPS) is 21.2. The quantitative estimate of drug-likeness (QED) is 0.836. The van der Waals surface area contributed by atoms with Gasteiger partial charge in [-0.25, -0.2) is 4.98 Å². The second-order valence-electron chi connectivity index (χ2n) is 5.86. The summed E-state index contributed by atoms with van der Waals surface area (Å²) in [6.45, 7) is 4.16. The number of carbonyl (C=O) groups excluding carboxylic acids is 1. The second-order valence-corrected chi connectivity index (χ2v) is 6.92. The summed E-state index contributed by atoms with van der Waals surface area (Å²) in [7, 11) is 0. The molecule has 0 radical (unpaired) electrons. The maximum Gasteiger partial charge on any atom is 0.266 e. The van der Waals surface area contributed by atoms with Gasteiger partial charge in [0.15, 0.2) is 0 Å². The van der Waals surface area contributed by atoms with E-state index in [1.807, 2.05) is 36.1 Å². The van der Waals surface area contributed by atoms with Gasteiger partial charge in [0.25, 0.3) is 5.91 Å². The molecule has 2 aliphatic rings. The van der Waals surface area contributed by atoms with E-state index >= 15 is 0 Å². The highest BCUT2D eigenvalue weighted by Gasteiger charge is 2.28. The van der Waals surface area contributed by atoms with Gasteiger partial charge in [0, 0.05) is 12.1 Å². The second kappa shape index (κ2) is 6.51. The molecule has 7 heteroatoms. The molecular weight excluding hydrogens is 328 g/mol. The molecule has 126 valence electrons. The van der Waals surface area contributed by atoms with Crippen LogP contribution in [-0.2, 0) is 16.0 Å². The molecule has 0 N–H and O–H groups in total. The third-order valence-corrected chi connectivity index (χ3v) is 4.99. The van der Waals surface area contributed by atoms with Crippen molar-refractivity contribution in [1.29, 1.82) is 0 Å². The number of nitrogens with zero attached hydrogens (tertiary/aromatic N) is 2. The van der Waals surface area contributed by atoms with E-state index in [0.29, 0.717) is 36.2 Å². The Morgan fingerprint density at radius 1 is 1.29 bits per heavy atom. The molecule has 0 unspecified atom stereocenters. The first-order valence-electron chi connectivity index (χ1n) is 7.93. The van der Waals surface area contributed by atoms with Crippen molar-refractivity contribution in [3.05, 3.63) is 45.9 Å². The number of amides is 1. The van der Waals surface area contributed by atoms with E-state index < -0.39 is 6.29 Å². The highest BCUT2D eigenvalue weighted by Crippen LogP contribution is 2.30. The lowest BCUT2D eigenvalue weighted by Crippen LogP contribution is -2.35. The highest BCUT2D eigenvalue weighted by molar-refractivity contribution is 7.13. The zero-order valence-corrected chi connectivity index (χ0v) is 14.1. The van der Waals surface area contributed by atoms with Gasteiger partial charge in [-0.2, -0.15) is 0 Å². The minimum atomic E-state index is -0.441. The molecule has 1 amide bonds. The fourth-order valence-electron chi connectivity index (χ4n) is 2.89. The van der Waals surface area contributed by atoms with Crippen molar-refractivity contribution in [2.24, 2.45) is 0 Å². The van der Waals surface area contributed by atoms with E-state index in [9.17, 15) is 4.79 Å². The van der Waals surface area contributed by atoms with E-state index in [2.05, 4.69) is 4.98 Å². The average Bonchev–Trinajstić information content (AvgIpc) is 3.23.